The average molecular weight is 468 g/mol. The Labute approximate surface area is 194 Å². The van der Waals surface area contributed by atoms with Crippen LogP contribution in [0.1, 0.15) is 64.6 Å². The zero-order valence-corrected chi connectivity index (χ0v) is 19.5. The number of carbonyl (C=O) groups excluding carboxylic acids is 1. The number of amides is 1. The molecule has 0 aromatic carbocycles. The van der Waals surface area contributed by atoms with Gasteiger partial charge in [-0.05, 0) is 62.3 Å². The first-order valence-corrected chi connectivity index (χ1v) is 10.9. The van der Waals surface area contributed by atoms with E-state index >= 15 is 0 Å². The van der Waals surface area contributed by atoms with Crippen molar-refractivity contribution >= 4 is 30.7 Å². The third kappa shape index (κ3) is 4.41. The summed E-state index contributed by atoms with van der Waals surface area (Å²) >= 11 is 0. The maximum absolute atomic E-state index is 13.1. The van der Waals surface area contributed by atoms with Crippen molar-refractivity contribution in [2.75, 3.05) is 20.1 Å². The van der Waals surface area contributed by atoms with E-state index in [0.29, 0.717) is 24.9 Å². The van der Waals surface area contributed by atoms with Gasteiger partial charge >= 0.3 is 0 Å². The predicted molar refractivity (Wildman–Crippen MR) is 125 cm³/mol. The van der Waals surface area contributed by atoms with Gasteiger partial charge in [0.05, 0.1) is 12.2 Å². The van der Waals surface area contributed by atoms with Crippen LogP contribution in [0.3, 0.4) is 0 Å². The Morgan fingerprint density at radius 1 is 1.19 bits per heavy atom. The first-order valence-electron chi connectivity index (χ1n) is 10.9. The summed E-state index contributed by atoms with van der Waals surface area (Å²) in [6, 6.07) is 3.71. The number of piperidine rings is 1. The van der Waals surface area contributed by atoms with E-state index in [1.54, 1.807) is 18.0 Å². The van der Waals surface area contributed by atoms with Gasteiger partial charge < -0.3 is 14.8 Å². The van der Waals surface area contributed by atoms with Crippen molar-refractivity contribution < 1.29 is 4.79 Å². The van der Waals surface area contributed by atoms with E-state index in [0.717, 1.165) is 43.7 Å². The summed E-state index contributed by atoms with van der Waals surface area (Å²) < 4.78 is 1.85. The number of aromatic amines is 1. The molecule has 4 heterocycles. The summed E-state index contributed by atoms with van der Waals surface area (Å²) in [6.07, 6.45) is 6.77. The number of pyridine rings is 1. The standard InChI is InChI=1S/C22H29N5O2.2ClH/c1-26(13-19-16-5-3-2-4-6-18(16)24-25-19)21(28)17-7-8-20-15-9-14(10-23-11-15)12-27(20)22(17)29;;/h7-8,14-15,23H,2-6,9-13H2,1H3,(H,24,25);2*1H/t14-,15+;;/m0../s1. The molecule has 0 radical (unpaired) electrons. The number of hydrogen-bond donors (Lipinski definition) is 2. The van der Waals surface area contributed by atoms with Crippen LogP contribution in [0.15, 0.2) is 16.9 Å². The molecule has 2 aromatic rings. The SMILES string of the molecule is CN(Cc1n[nH]c2c1CCCCC2)C(=O)c1ccc2n(c1=O)C[C@@H]1CNC[C@H]2C1.Cl.Cl. The molecular weight excluding hydrogens is 437 g/mol. The molecule has 31 heavy (non-hydrogen) atoms. The Bertz CT molecular complexity index is 1000. The maximum Gasteiger partial charge on any atom is 0.263 e. The summed E-state index contributed by atoms with van der Waals surface area (Å²) in [5.74, 6) is 0.627. The van der Waals surface area contributed by atoms with Crippen molar-refractivity contribution in [2.45, 2.75) is 57.5 Å². The molecular formula is C22H31Cl2N5O2. The molecule has 0 unspecified atom stereocenters. The summed E-state index contributed by atoms with van der Waals surface area (Å²) in [7, 11) is 1.77. The second-order valence-corrected chi connectivity index (χ2v) is 8.89. The fourth-order valence-corrected chi connectivity index (χ4v) is 5.31. The topological polar surface area (TPSA) is 83.0 Å². The molecule has 0 spiro atoms. The van der Waals surface area contributed by atoms with Crippen molar-refractivity contribution in [3.8, 4) is 0 Å². The zero-order chi connectivity index (χ0) is 20.0. The Morgan fingerprint density at radius 3 is 2.84 bits per heavy atom. The highest BCUT2D eigenvalue weighted by Gasteiger charge is 2.32. The van der Waals surface area contributed by atoms with Crippen LogP contribution >= 0.6 is 24.8 Å². The number of carbonyl (C=O) groups is 1. The van der Waals surface area contributed by atoms with Crippen LogP contribution in [0, 0.1) is 5.92 Å². The highest BCUT2D eigenvalue weighted by molar-refractivity contribution is 5.93. The molecule has 7 nitrogen and oxygen atoms in total. The summed E-state index contributed by atoms with van der Waals surface area (Å²) in [6.45, 7) is 2.99. The minimum absolute atomic E-state index is 0. The normalized spacial score (nSPS) is 21.6. The van der Waals surface area contributed by atoms with Gasteiger partial charge in [0, 0.05) is 37.4 Å². The van der Waals surface area contributed by atoms with E-state index in [-0.39, 0.29) is 41.8 Å². The molecule has 2 aliphatic heterocycles. The number of aryl methyl sites for hydroxylation is 1. The smallest absolute Gasteiger partial charge is 0.263 e. The van der Waals surface area contributed by atoms with Gasteiger partial charge in [-0.25, -0.2) is 0 Å². The van der Waals surface area contributed by atoms with Crippen LogP contribution < -0.4 is 10.9 Å². The largest absolute Gasteiger partial charge is 0.336 e. The molecule has 170 valence electrons. The Kier molecular flexibility index (Phi) is 7.50. The molecule has 5 rings (SSSR count). The van der Waals surface area contributed by atoms with E-state index in [2.05, 4.69) is 15.5 Å². The summed E-state index contributed by atoms with van der Waals surface area (Å²) in [5.41, 5.74) is 4.62. The first kappa shape index (κ1) is 23.8. The third-order valence-corrected chi connectivity index (χ3v) is 6.86. The summed E-state index contributed by atoms with van der Waals surface area (Å²) in [5, 5.41) is 11.1. The molecule has 3 aliphatic rings. The van der Waals surface area contributed by atoms with Crippen molar-refractivity contribution in [1.82, 2.24) is 25.0 Å². The lowest BCUT2D eigenvalue weighted by Gasteiger charge is -2.37. The molecule has 9 heteroatoms. The van der Waals surface area contributed by atoms with Crippen LogP contribution in [-0.4, -0.2) is 45.7 Å². The minimum Gasteiger partial charge on any atom is -0.336 e. The van der Waals surface area contributed by atoms with Crippen molar-refractivity contribution in [1.29, 1.82) is 0 Å². The van der Waals surface area contributed by atoms with Crippen LogP contribution in [0.25, 0.3) is 0 Å². The Hall–Kier alpha value is -1.83. The van der Waals surface area contributed by atoms with E-state index < -0.39 is 0 Å². The molecule has 2 aromatic heterocycles. The molecule has 1 aliphatic carbocycles. The van der Waals surface area contributed by atoms with Gasteiger partial charge in [0.2, 0.25) is 0 Å². The molecule has 2 N–H and O–H groups in total. The highest BCUT2D eigenvalue weighted by Crippen LogP contribution is 2.31. The van der Waals surface area contributed by atoms with Gasteiger partial charge in [0.25, 0.3) is 11.5 Å². The Morgan fingerprint density at radius 2 is 2.00 bits per heavy atom. The second kappa shape index (κ2) is 9.76. The number of rotatable bonds is 3. The highest BCUT2D eigenvalue weighted by atomic mass is 35.5. The fraction of sp³-hybridized carbons (Fsp3) is 0.591. The lowest BCUT2D eigenvalue weighted by atomic mass is 9.84. The van der Waals surface area contributed by atoms with E-state index in [1.807, 2.05) is 10.6 Å². The molecule has 2 bridgehead atoms. The van der Waals surface area contributed by atoms with Crippen LogP contribution in [0.4, 0.5) is 0 Å². The number of nitrogens with zero attached hydrogens (tertiary/aromatic N) is 3. The molecule has 1 fully saturated rings. The van der Waals surface area contributed by atoms with Crippen LogP contribution in [0.2, 0.25) is 0 Å². The zero-order valence-electron chi connectivity index (χ0n) is 17.9. The van der Waals surface area contributed by atoms with Crippen molar-refractivity contribution in [2.24, 2.45) is 5.92 Å². The van der Waals surface area contributed by atoms with Crippen LogP contribution in [0.5, 0.6) is 0 Å². The number of aromatic nitrogens is 3. The predicted octanol–water partition coefficient (Wildman–Crippen LogP) is 2.66. The van der Waals surface area contributed by atoms with Gasteiger partial charge in [0.15, 0.2) is 0 Å². The van der Waals surface area contributed by atoms with Gasteiger partial charge in [-0.3, -0.25) is 14.7 Å². The number of nitrogens with one attached hydrogen (secondary N) is 2. The first-order chi connectivity index (χ1) is 14.1. The lowest BCUT2D eigenvalue weighted by molar-refractivity contribution is 0.0780. The fourth-order valence-electron chi connectivity index (χ4n) is 5.31. The van der Waals surface area contributed by atoms with Crippen molar-refractivity contribution in [3.63, 3.8) is 0 Å². The molecule has 1 saturated heterocycles. The molecule has 0 saturated carbocycles. The summed E-state index contributed by atoms with van der Waals surface area (Å²) in [4.78, 5) is 27.9. The van der Waals surface area contributed by atoms with Gasteiger partial charge in [0.1, 0.15) is 5.56 Å². The van der Waals surface area contributed by atoms with E-state index in [1.165, 1.54) is 30.5 Å². The third-order valence-electron chi connectivity index (χ3n) is 6.86. The van der Waals surface area contributed by atoms with Gasteiger partial charge in [-0.2, -0.15) is 5.10 Å². The number of hydrogen-bond acceptors (Lipinski definition) is 4. The van der Waals surface area contributed by atoms with Gasteiger partial charge in [-0.1, -0.05) is 6.42 Å². The number of halogens is 2. The quantitative estimate of drug-likeness (QED) is 0.679. The van der Waals surface area contributed by atoms with E-state index in [9.17, 15) is 9.59 Å². The molecule has 2 atom stereocenters. The second-order valence-electron chi connectivity index (χ2n) is 8.89. The molecule has 1 amide bonds. The van der Waals surface area contributed by atoms with Crippen molar-refractivity contribution in [3.05, 3.63) is 50.7 Å². The Balaban J connectivity index is 0.00000136. The monoisotopic (exact) mass is 467 g/mol. The minimum atomic E-state index is -0.218. The number of fused-ring (bicyclic) bond motifs is 5. The average Bonchev–Trinajstić information content (AvgIpc) is 2.94. The van der Waals surface area contributed by atoms with Crippen LogP contribution in [-0.2, 0) is 25.9 Å². The van der Waals surface area contributed by atoms with Gasteiger partial charge in [-0.15, -0.1) is 24.8 Å². The number of H-pyrrole nitrogens is 1. The lowest BCUT2D eigenvalue weighted by Crippen LogP contribution is -2.46. The van der Waals surface area contributed by atoms with E-state index in [4.69, 9.17) is 0 Å². The maximum atomic E-state index is 13.1.